The van der Waals surface area contributed by atoms with Crippen molar-refractivity contribution < 1.29 is 4.42 Å². The predicted molar refractivity (Wildman–Crippen MR) is 205 cm³/mol. The van der Waals surface area contributed by atoms with Crippen LogP contribution < -0.4 is 27.3 Å². The normalized spacial score (nSPS) is 11.7. The molecular formula is C39H19B5N4O. The summed E-state index contributed by atoms with van der Waals surface area (Å²) in [5, 5.41) is 3.90. The number of hydrogen-bond donors (Lipinski definition) is 0. The first-order chi connectivity index (χ1) is 23.9. The minimum absolute atomic E-state index is 0.167. The van der Waals surface area contributed by atoms with Crippen molar-refractivity contribution >= 4 is 110 Å². The summed E-state index contributed by atoms with van der Waals surface area (Å²) in [6.45, 7) is 0. The molecule has 0 N–H and O–H groups in total. The molecule has 0 saturated heterocycles. The molecule has 3 heterocycles. The number of nitrogens with zero attached hydrogens (tertiary/aromatic N) is 4. The second-order valence-corrected chi connectivity index (χ2v) is 12.0. The summed E-state index contributed by atoms with van der Waals surface area (Å²) in [5.74, 6) is 1.57. The van der Waals surface area contributed by atoms with Gasteiger partial charge in [0.15, 0.2) is 11.6 Å². The van der Waals surface area contributed by atoms with Gasteiger partial charge in [0.2, 0.25) is 5.95 Å². The second-order valence-electron chi connectivity index (χ2n) is 12.0. The van der Waals surface area contributed by atoms with Crippen LogP contribution in [0.5, 0.6) is 0 Å². The largest absolute Gasteiger partial charge is 0.456 e. The van der Waals surface area contributed by atoms with E-state index >= 15 is 0 Å². The van der Waals surface area contributed by atoms with E-state index in [-0.39, 0.29) is 27.3 Å². The molecule has 0 spiro atoms. The van der Waals surface area contributed by atoms with Gasteiger partial charge in [0.1, 0.15) is 50.4 Å². The molecule has 0 fully saturated rings. The van der Waals surface area contributed by atoms with Crippen molar-refractivity contribution in [3.63, 3.8) is 0 Å². The summed E-state index contributed by atoms with van der Waals surface area (Å²) in [4.78, 5) is 15.1. The minimum atomic E-state index is 0.167. The van der Waals surface area contributed by atoms with Crippen molar-refractivity contribution in [1.82, 2.24) is 19.5 Å². The third-order valence-electron chi connectivity index (χ3n) is 9.16. The topological polar surface area (TPSA) is 56.7 Å². The molecule has 0 aliphatic rings. The van der Waals surface area contributed by atoms with Gasteiger partial charge in [-0.25, -0.2) is 4.98 Å². The van der Waals surface area contributed by atoms with E-state index in [0.717, 1.165) is 49.3 Å². The van der Waals surface area contributed by atoms with Gasteiger partial charge in [-0.3, -0.25) is 4.57 Å². The van der Waals surface area contributed by atoms with E-state index in [1.54, 1.807) is 0 Å². The van der Waals surface area contributed by atoms with Crippen molar-refractivity contribution in [3.8, 4) is 39.9 Å². The average Bonchev–Trinajstić information content (AvgIpc) is 3.69. The second kappa shape index (κ2) is 11.2. The number of hydrogen-bond acceptors (Lipinski definition) is 4. The Bertz CT molecular complexity index is 2710. The number of furan rings is 1. The minimum Gasteiger partial charge on any atom is -0.456 e. The van der Waals surface area contributed by atoms with Crippen LogP contribution in [0.1, 0.15) is 0 Å². The third-order valence-corrected chi connectivity index (χ3v) is 9.16. The first kappa shape index (κ1) is 29.4. The van der Waals surface area contributed by atoms with Gasteiger partial charge in [-0.2, -0.15) is 9.97 Å². The maximum atomic E-state index is 6.48. The van der Waals surface area contributed by atoms with Crippen LogP contribution in [0.25, 0.3) is 83.6 Å². The van der Waals surface area contributed by atoms with Crippen LogP contribution in [-0.4, -0.2) is 58.8 Å². The zero-order valence-corrected chi connectivity index (χ0v) is 26.1. The van der Waals surface area contributed by atoms with Crippen molar-refractivity contribution in [1.29, 1.82) is 0 Å². The molecule has 0 aliphatic carbocycles. The molecule has 0 aliphatic heterocycles. The fourth-order valence-corrected chi connectivity index (χ4v) is 6.76. The van der Waals surface area contributed by atoms with E-state index in [0.29, 0.717) is 34.3 Å². The Morgan fingerprint density at radius 1 is 0.469 bits per heavy atom. The predicted octanol–water partition coefficient (Wildman–Crippen LogP) is 3.84. The highest BCUT2D eigenvalue weighted by Gasteiger charge is 2.20. The van der Waals surface area contributed by atoms with Gasteiger partial charge in [0, 0.05) is 32.7 Å². The number of rotatable bonds is 4. The molecule has 0 bridgehead atoms. The number of fused-ring (bicyclic) bond motifs is 6. The molecule has 9 aromatic rings. The van der Waals surface area contributed by atoms with Crippen LogP contribution in [0.4, 0.5) is 0 Å². The highest BCUT2D eigenvalue weighted by atomic mass is 16.3. The van der Waals surface area contributed by atoms with Gasteiger partial charge in [0.05, 0.1) is 11.0 Å². The van der Waals surface area contributed by atoms with Crippen LogP contribution in [-0.2, 0) is 0 Å². The maximum absolute atomic E-state index is 6.48. The van der Waals surface area contributed by atoms with Crippen molar-refractivity contribution in [2.45, 2.75) is 0 Å². The standard InChI is InChI=1S/C39H19B5N4O/c40-32-31(33(41)35(43)36(44)34(32)42)25-13-8-16-28-30(25)24-18-17-21(19-29(24)49-28)38-45-37(20-9-2-1-3-10-20)46-39(47-38)48-26-14-6-4-11-22(26)23-12-5-7-15-27(23)48/h1-19H. The van der Waals surface area contributed by atoms with Crippen LogP contribution in [0.2, 0.25) is 0 Å². The summed E-state index contributed by atoms with van der Waals surface area (Å²) in [5.41, 5.74) is 7.24. The summed E-state index contributed by atoms with van der Waals surface area (Å²) >= 11 is 0. The van der Waals surface area contributed by atoms with Gasteiger partial charge in [-0.1, -0.05) is 95.9 Å². The van der Waals surface area contributed by atoms with Gasteiger partial charge in [-0.05, 0) is 41.5 Å². The lowest BCUT2D eigenvalue weighted by atomic mass is 9.59. The lowest BCUT2D eigenvalue weighted by molar-refractivity contribution is 0.669. The number of para-hydroxylation sites is 2. The Hall–Kier alpha value is -5.75. The van der Waals surface area contributed by atoms with Crippen LogP contribution in [0.15, 0.2) is 120 Å². The monoisotopic (exact) mass is 614 g/mol. The third kappa shape index (κ3) is 4.51. The van der Waals surface area contributed by atoms with Gasteiger partial charge < -0.3 is 4.42 Å². The van der Waals surface area contributed by atoms with E-state index in [1.807, 2.05) is 91.0 Å². The molecular weight excluding hydrogens is 595 g/mol. The zero-order valence-electron chi connectivity index (χ0n) is 26.1. The van der Waals surface area contributed by atoms with E-state index in [2.05, 4.69) is 28.8 Å². The summed E-state index contributed by atoms with van der Waals surface area (Å²) in [6, 6.07) is 38.0. The van der Waals surface area contributed by atoms with E-state index < -0.39 is 0 Å². The molecule has 10 heteroatoms. The molecule has 0 saturated carbocycles. The van der Waals surface area contributed by atoms with Crippen LogP contribution >= 0.6 is 0 Å². The molecule has 0 amide bonds. The Kier molecular flexibility index (Phi) is 6.70. The number of aromatic nitrogens is 4. The Balaban J connectivity index is 1.27. The van der Waals surface area contributed by atoms with Crippen molar-refractivity contribution in [2.75, 3.05) is 0 Å². The van der Waals surface area contributed by atoms with E-state index in [9.17, 15) is 0 Å². The first-order valence-electron chi connectivity index (χ1n) is 15.7. The molecule has 3 aromatic heterocycles. The lowest BCUT2D eigenvalue weighted by Crippen LogP contribution is -2.55. The Labute approximate surface area is 288 Å². The van der Waals surface area contributed by atoms with Gasteiger partial charge in [0.25, 0.3) is 0 Å². The van der Waals surface area contributed by atoms with E-state index in [4.69, 9.17) is 58.6 Å². The smallest absolute Gasteiger partial charge is 0.238 e. The van der Waals surface area contributed by atoms with E-state index in [1.165, 1.54) is 0 Å². The van der Waals surface area contributed by atoms with Gasteiger partial charge >= 0.3 is 0 Å². The highest BCUT2D eigenvalue weighted by Crippen LogP contribution is 2.37. The fourth-order valence-electron chi connectivity index (χ4n) is 6.76. The molecule has 49 heavy (non-hydrogen) atoms. The average molecular weight is 614 g/mol. The Morgan fingerprint density at radius 3 is 1.73 bits per heavy atom. The number of benzene rings is 6. The zero-order chi connectivity index (χ0) is 33.4. The summed E-state index contributed by atoms with van der Waals surface area (Å²) in [6.07, 6.45) is 0. The Morgan fingerprint density at radius 2 is 1.06 bits per heavy atom. The SMILES string of the molecule is [B]c1c([B])c([B])c(-c2cccc3oc4cc(-c5nc(-c6ccccc6)nc(-n6c7ccccc7c7ccccc76)n5)ccc4c23)c([B])c1[B]. The molecule has 0 unspecified atom stereocenters. The van der Waals surface area contributed by atoms with Gasteiger partial charge in [-0.15, -0.1) is 16.4 Å². The molecule has 5 nitrogen and oxygen atoms in total. The molecule has 6 aromatic carbocycles. The first-order valence-corrected chi connectivity index (χ1v) is 15.7. The molecule has 0 atom stereocenters. The molecule has 10 radical (unpaired) electrons. The highest BCUT2D eigenvalue weighted by molar-refractivity contribution is 6.69. The lowest BCUT2D eigenvalue weighted by Gasteiger charge is -2.21. The van der Waals surface area contributed by atoms with Crippen molar-refractivity contribution in [3.05, 3.63) is 115 Å². The molecule has 9 rings (SSSR count). The summed E-state index contributed by atoms with van der Waals surface area (Å²) < 4.78 is 8.52. The fraction of sp³-hybridized carbons (Fsp3) is 0. The summed E-state index contributed by atoms with van der Waals surface area (Å²) in [7, 11) is 31.5. The maximum Gasteiger partial charge on any atom is 0.238 e. The quantitative estimate of drug-likeness (QED) is 0.283. The molecule has 216 valence electrons. The van der Waals surface area contributed by atoms with Crippen LogP contribution in [0.3, 0.4) is 0 Å². The van der Waals surface area contributed by atoms with Crippen LogP contribution in [0, 0.1) is 0 Å². The van der Waals surface area contributed by atoms with Crippen molar-refractivity contribution in [2.24, 2.45) is 0 Å².